The summed E-state index contributed by atoms with van der Waals surface area (Å²) in [5.74, 6) is 0.351. The van der Waals surface area contributed by atoms with Crippen molar-refractivity contribution in [2.75, 3.05) is 6.54 Å². The molecule has 1 aromatic rings. The fourth-order valence-corrected chi connectivity index (χ4v) is 3.36. The van der Waals surface area contributed by atoms with Gasteiger partial charge in [-0.15, -0.1) is 0 Å². The molecule has 1 aromatic carbocycles. The number of nitro benzene ring substituents is 1. The molecule has 1 aliphatic carbocycles. The van der Waals surface area contributed by atoms with E-state index in [1.807, 2.05) is 0 Å². The highest BCUT2D eigenvalue weighted by Crippen LogP contribution is 2.32. The van der Waals surface area contributed by atoms with Gasteiger partial charge in [-0.25, -0.2) is 13.1 Å². The van der Waals surface area contributed by atoms with Crippen molar-refractivity contribution < 1.29 is 13.3 Å². The molecule has 2 rings (SSSR count). The molecular weight excluding hydrogens is 318 g/mol. The maximum atomic E-state index is 12.2. The number of nitrogens with one attached hydrogen (secondary N) is 1. The van der Waals surface area contributed by atoms with Crippen LogP contribution in [-0.2, 0) is 10.0 Å². The summed E-state index contributed by atoms with van der Waals surface area (Å²) in [4.78, 5) is 10.0. The molecule has 7 nitrogen and oxygen atoms in total. The van der Waals surface area contributed by atoms with Crippen LogP contribution in [0.4, 0.5) is 5.69 Å². The van der Waals surface area contributed by atoms with Crippen LogP contribution < -0.4 is 10.5 Å². The Kier molecular flexibility index (Phi) is 4.52. The third-order valence-electron chi connectivity index (χ3n) is 3.53. The van der Waals surface area contributed by atoms with Gasteiger partial charge in [-0.2, -0.15) is 0 Å². The van der Waals surface area contributed by atoms with Crippen LogP contribution in [0.2, 0.25) is 5.02 Å². The van der Waals surface area contributed by atoms with Gasteiger partial charge in [-0.1, -0.05) is 11.6 Å². The number of nitrogens with two attached hydrogens (primary N) is 1. The Bertz CT molecular complexity index is 673. The molecule has 1 aliphatic rings. The normalized spacial score (nSPS) is 16.7. The first-order chi connectivity index (χ1) is 9.72. The van der Waals surface area contributed by atoms with Gasteiger partial charge in [0.2, 0.25) is 10.0 Å². The molecule has 0 spiro atoms. The van der Waals surface area contributed by atoms with Gasteiger partial charge in [0, 0.05) is 24.2 Å². The third-order valence-corrected chi connectivity index (χ3v) is 5.33. The lowest BCUT2D eigenvalue weighted by atomic mass is 10.2. The van der Waals surface area contributed by atoms with Crippen molar-refractivity contribution in [3.05, 3.63) is 32.8 Å². The summed E-state index contributed by atoms with van der Waals surface area (Å²) in [5, 5.41) is 11.0. The van der Waals surface area contributed by atoms with Gasteiger partial charge >= 0.3 is 0 Å². The van der Waals surface area contributed by atoms with Gasteiger partial charge in [0.05, 0.1) is 14.8 Å². The van der Waals surface area contributed by atoms with Gasteiger partial charge < -0.3 is 5.73 Å². The number of rotatable bonds is 6. The molecule has 3 N–H and O–H groups in total. The zero-order valence-corrected chi connectivity index (χ0v) is 12.9. The van der Waals surface area contributed by atoms with Gasteiger partial charge in [0.25, 0.3) is 5.69 Å². The van der Waals surface area contributed by atoms with Crippen molar-refractivity contribution in [3.8, 4) is 0 Å². The summed E-state index contributed by atoms with van der Waals surface area (Å²) >= 11 is 5.87. The number of sulfonamides is 1. The van der Waals surface area contributed by atoms with E-state index in [9.17, 15) is 18.5 Å². The molecule has 21 heavy (non-hydrogen) atoms. The number of nitrogens with zero attached hydrogens (tertiary/aromatic N) is 1. The summed E-state index contributed by atoms with van der Waals surface area (Å²) in [6.45, 7) is 1.57. The summed E-state index contributed by atoms with van der Waals surface area (Å²) in [5.41, 5.74) is 5.74. The minimum Gasteiger partial charge on any atom is -0.326 e. The average molecular weight is 334 g/mol. The molecule has 1 atom stereocenters. The first-order valence-electron chi connectivity index (χ1n) is 6.42. The van der Waals surface area contributed by atoms with E-state index in [2.05, 4.69) is 4.72 Å². The van der Waals surface area contributed by atoms with E-state index >= 15 is 0 Å². The maximum absolute atomic E-state index is 12.2. The smallest absolute Gasteiger partial charge is 0.275 e. The Morgan fingerprint density at radius 2 is 2.14 bits per heavy atom. The van der Waals surface area contributed by atoms with Crippen molar-refractivity contribution in [3.63, 3.8) is 0 Å². The second-order valence-corrected chi connectivity index (χ2v) is 7.33. The Hall–Kier alpha value is -1.22. The molecule has 1 unspecified atom stereocenters. The van der Waals surface area contributed by atoms with E-state index in [1.54, 1.807) is 0 Å². The molecule has 1 fully saturated rings. The number of nitro groups is 1. The van der Waals surface area contributed by atoms with Gasteiger partial charge in [-0.05, 0) is 31.7 Å². The molecular formula is C12H16ClN3O4S. The topological polar surface area (TPSA) is 115 Å². The Morgan fingerprint density at radius 1 is 1.52 bits per heavy atom. The summed E-state index contributed by atoms with van der Waals surface area (Å²) in [6.07, 6.45) is 2.01. The van der Waals surface area contributed by atoms with Gasteiger partial charge in [0.1, 0.15) is 0 Å². The van der Waals surface area contributed by atoms with E-state index in [0.717, 1.165) is 18.9 Å². The molecule has 0 radical (unpaired) electrons. The lowest BCUT2D eigenvalue weighted by Gasteiger charge is -2.12. The van der Waals surface area contributed by atoms with Crippen LogP contribution in [0.5, 0.6) is 0 Å². The average Bonchev–Trinajstić information content (AvgIpc) is 3.23. The zero-order valence-electron chi connectivity index (χ0n) is 11.4. The van der Waals surface area contributed by atoms with Crippen LogP contribution in [0.15, 0.2) is 17.0 Å². The third kappa shape index (κ3) is 3.70. The standard InChI is InChI=1S/C12H16ClN3O4S/c1-7-10(13)4-9(5-12(7)16(17)18)21(19,20)15-6-11(14)8-2-3-8/h4-5,8,11,15H,2-3,6,14H2,1H3. The molecule has 0 saturated heterocycles. The first kappa shape index (κ1) is 16.2. The molecule has 0 aromatic heterocycles. The molecule has 1 saturated carbocycles. The van der Waals surface area contributed by atoms with Crippen molar-refractivity contribution in [2.45, 2.75) is 30.7 Å². The molecule has 0 amide bonds. The van der Waals surface area contributed by atoms with Crippen LogP contribution >= 0.6 is 11.6 Å². The predicted molar refractivity (Wildman–Crippen MR) is 78.7 cm³/mol. The summed E-state index contributed by atoms with van der Waals surface area (Å²) < 4.78 is 26.7. The Morgan fingerprint density at radius 3 is 2.67 bits per heavy atom. The van der Waals surface area contributed by atoms with Crippen molar-refractivity contribution in [2.24, 2.45) is 11.7 Å². The van der Waals surface area contributed by atoms with E-state index in [0.29, 0.717) is 5.92 Å². The fourth-order valence-electron chi connectivity index (χ4n) is 1.97. The molecule has 0 bridgehead atoms. The monoisotopic (exact) mass is 333 g/mol. The van der Waals surface area contributed by atoms with Crippen molar-refractivity contribution in [1.29, 1.82) is 0 Å². The lowest BCUT2D eigenvalue weighted by molar-refractivity contribution is -0.385. The second kappa shape index (κ2) is 5.88. The van der Waals surface area contributed by atoms with E-state index in [-0.39, 0.29) is 33.8 Å². The van der Waals surface area contributed by atoms with Gasteiger partial charge in [0.15, 0.2) is 0 Å². The highest BCUT2D eigenvalue weighted by Gasteiger charge is 2.30. The quantitative estimate of drug-likeness (QED) is 0.605. The number of hydrogen-bond donors (Lipinski definition) is 2. The van der Waals surface area contributed by atoms with E-state index in [4.69, 9.17) is 17.3 Å². The summed E-state index contributed by atoms with van der Waals surface area (Å²) in [7, 11) is -3.88. The molecule has 0 aliphatic heterocycles. The Balaban J connectivity index is 2.24. The van der Waals surface area contributed by atoms with E-state index < -0.39 is 14.9 Å². The molecule has 0 heterocycles. The number of benzene rings is 1. The first-order valence-corrected chi connectivity index (χ1v) is 8.28. The molecule has 9 heteroatoms. The SMILES string of the molecule is Cc1c(Cl)cc(S(=O)(=O)NCC(N)C2CC2)cc1[N+](=O)[O-]. The fraction of sp³-hybridized carbons (Fsp3) is 0.500. The lowest BCUT2D eigenvalue weighted by Crippen LogP contribution is -2.38. The number of hydrogen-bond acceptors (Lipinski definition) is 5. The largest absolute Gasteiger partial charge is 0.326 e. The van der Waals surface area contributed by atoms with Crippen LogP contribution in [0.1, 0.15) is 18.4 Å². The minimum absolute atomic E-state index is 0.0380. The van der Waals surface area contributed by atoms with Crippen LogP contribution in [0.25, 0.3) is 0 Å². The zero-order chi connectivity index (χ0) is 15.8. The van der Waals surface area contributed by atoms with Crippen molar-refractivity contribution in [1.82, 2.24) is 4.72 Å². The number of halogens is 1. The minimum atomic E-state index is -3.88. The van der Waals surface area contributed by atoms with Crippen molar-refractivity contribution >= 4 is 27.3 Å². The summed E-state index contributed by atoms with van der Waals surface area (Å²) in [6, 6.07) is 1.97. The molecule has 116 valence electrons. The van der Waals surface area contributed by atoms with Crippen LogP contribution in [0.3, 0.4) is 0 Å². The highest BCUT2D eigenvalue weighted by atomic mass is 35.5. The maximum Gasteiger partial charge on any atom is 0.275 e. The predicted octanol–water partition coefficient (Wildman–Crippen LogP) is 1.57. The van der Waals surface area contributed by atoms with E-state index in [1.165, 1.54) is 13.0 Å². The Labute approximate surface area is 127 Å². The highest BCUT2D eigenvalue weighted by molar-refractivity contribution is 7.89. The van der Waals surface area contributed by atoms with Crippen LogP contribution in [0, 0.1) is 23.0 Å². The van der Waals surface area contributed by atoms with Crippen LogP contribution in [-0.4, -0.2) is 25.9 Å². The second-order valence-electron chi connectivity index (χ2n) is 5.16. The van der Waals surface area contributed by atoms with Gasteiger partial charge in [-0.3, -0.25) is 10.1 Å².